The summed E-state index contributed by atoms with van der Waals surface area (Å²) < 4.78 is 24.4. The van der Waals surface area contributed by atoms with Gasteiger partial charge in [-0.2, -0.15) is 0 Å². The van der Waals surface area contributed by atoms with Crippen molar-refractivity contribution in [1.29, 1.82) is 0 Å². The van der Waals surface area contributed by atoms with Gasteiger partial charge in [-0.3, -0.25) is 4.79 Å². The summed E-state index contributed by atoms with van der Waals surface area (Å²) in [6, 6.07) is 1.14. The van der Waals surface area contributed by atoms with Crippen LogP contribution >= 0.6 is 11.6 Å². The van der Waals surface area contributed by atoms with Crippen molar-refractivity contribution < 1.29 is 10.6 Å². The van der Waals surface area contributed by atoms with Gasteiger partial charge in [0.05, 0.1) is 12.1 Å². The third kappa shape index (κ3) is 2.23. The Morgan fingerprint density at radius 1 is 1.48 bits per heavy atom. The Kier molecular flexibility index (Phi) is 3.11. The predicted octanol–water partition coefficient (Wildman–Crippen LogP) is 2.10. The average Bonchev–Trinajstić information content (AvgIpc) is 3.20. The van der Waals surface area contributed by atoms with Crippen LogP contribution in [-0.4, -0.2) is 43.6 Å². The third-order valence-corrected chi connectivity index (χ3v) is 4.73. The van der Waals surface area contributed by atoms with E-state index in [-0.39, 0.29) is 34.6 Å². The largest absolute Gasteiger partial charge is 0.335 e. The Labute approximate surface area is 137 Å². The summed E-state index contributed by atoms with van der Waals surface area (Å²) >= 11 is 5.98. The van der Waals surface area contributed by atoms with Crippen LogP contribution in [0.5, 0.6) is 0 Å². The van der Waals surface area contributed by atoms with Gasteiger partial charge in [0, 0.05) is 24.1 Å². The molecule has 2 unspecified atom stereocenters. The van der Waals surface area contributed by atoms with Crippen LogP contribution in [-0.2, 0) is 4.79 Å². The van der Waals surface area contributed by atoms with E-state index >= 15 is 0 Å². The van der Waals surface area contributed by atoms with Crippen molar-refractivity contribution in [3.8, 4) is 5.69 Å². The molecule has 2 atom stereocenters. The molecule has 4 rings (SSSR count). The first-order valence-electron chi connectivity index (χ1n) is 7.77. The van der Waals surface area contributed by atoms with Gasteiger partial charge < -0.3 is 4.90 Å². The number of nitrogens with zero attached hydrogens (tertiary/aromatic N) is 5. The third-order valence-electron chi connectivity index (χ3n) is 4.45. The van der Waals surface area contributed by atoms with Crippen molar-refractivity contribution >= 4 is 17.5 Å². The van der Waals surface area contributed by atoms with E-state index in [9.17, 15) is 9.18 Å². The van der Waals surface area contributed by atoms with E-state index in [1.54, 1.807) is 11.0 Å². The second kappa shape index (κ2) is 5.42. The molecule has 118 valence electrons. The molecule has 1 amide bonds. The molecule has 0 radical (unpaired) electrons. The van der Waals surface area contributed by atoms with E-state index in [0.29, 0.717) is 24.9 Å². The molecule has 6 nitrogen and oxygen atoms in total. The van der Waals surface area contributed by atoms with Gasteiger partial charge in [0.25, 0.3) is 0 Å². The lowest BCUT2D eigenvalue weighted by molar-refractivity contribution is -0.127. The molecule has 3 heterocycles. The maximum absolute atomic E-state index is 14.9. The molecule has 2 aliphatic heterocycles. The minimum Gasteiger partial charge on any atom is -0.335 e. The van der Waals surface area contributed by atoms with Crippen LogP contribution in [0.1, 0.15) is 25.7 Å². The topological polar surface area (TPSA) is 63.9 Å². The molecular weight excluding hydrogens is 321 g/mol. The SMILES string of the molecule is [2H]c1cc(Cl)c(F)c(C2CCN3C(=O)C=CCC23)c1-n1cnnn1. The molecule has 1 fully saturated rings. The Balaban J connectivity index is 1.89. The number of carbonyl (C=O) groups is 1. The van der Waals surface area contributed by atoms with Crippen LogP contribution in [0, 0.1) is 5.82 Å². The summed E-state index contributed by atoms with van der Waals surface area (Å²) in [5.41, 5.74) is 0.575. The zero-order valence-electron chi connectivity index (χ0n) is 13.0. The molecule has 23 heavy (non-hydrogen) atoms. The first-order chi connectivity index (χ1) is 11.6. The van der Waals surface area contributed by atoms with Crippen LogP contribution in [0.3, 0.4) is 0 Å². The zero-order valence-corrected chi connectivity index (χ0v) is 12.7. The molecule has 0 saturated carbocycles. The number of hydrogen-bond acceptors (Lipinski definition) is 4. The van der Waals surface area contributed by atoms with Crippen LogP contribution in [0.2, 0.25) is 5.02 Å². The Bertz CT molecular complexity index is 841. The van der Waals surface area contributed by atoms with Crippen LogP contribution in [0.15, 0.2) is 30.6 Å². The van der Waals surface area contributed by atoms with Crippen molar-refractivity contribution in [1.82, 2.24) is 25.1 Å². The molecule has 1 aromatic carbocycles. The van der Waals surface area contributed by atoms with Gasteiger partial charge in [0.1, 0.15) is 12.1 Å². The highest BCUT2D eigenvalue weighted by Crippen LogP contribution is 2.42. The highest BCUT2D eigenvalue weighted by atomic mass is 35.5. The van der Waals surface area contributed by atoms with Crippen LogP contribution in [0.25, 0.3) is 5.69 Å². The monoisotopic (exact) mass is 334 g/mol. The van der Waals surface area contributed by atoms with Gasteiger partial charge >= 0.3 is 0 Å². The number of carbonyl (C=O) groups excluding carboxylic acids is 1. The van der Waals surface area contributed by atoms with Crippen molar-refractivity contribution in [2.75, 3.05) is 6.54 Å². The number of fused-ring (bicyclic) bond motifs is 1. The molecule has 1 aromatic heterocycles. The summed E-state index contributed by atoms with van der Waals surface area (Å²) in [6.07, 6.45) is 5.92. The van der Waals surface area contributed by atoms with Crippen molar-refractivity contribution in [3.63, 3.8) is 0 Å². The Hall–Kier alpha value is -2.28. The van der Waals surface area contributed by atoms with Crippen molar-refractivity contribution in [2.45, 2.75) is 24.8 Å². The number of aromatic nitrogens is 4. The van der Waals surface area contributed by atoms with E-state index in [2.05, 4.69) is 15.5 Å². The molecule has 0 N–H and O–H groups in total. The first kappa shape index (κ1) is 13.2. The fourth-order valence-corrected chi connectivity index (χ4v) is 3.61. The van der Waals surface area contributed by atoms with E-state index in [4.69, 9.17) is 13.0 Å². The minimum absolute atomic E-state index is 0.0415. The predicted molar refractivity (Wildman–Crippen MR) is 80.7 cm³/mol. The highest BCUT2D eigenvalue weighted by Gasteiger charge is 2.40. The van der Waals surface area contributed by atoms with Crippen molar-refractivity contribution in [2.24, 2.45) is 0 Å². The molecule has 1 saturated heterocycles. The summed E-state index contributed by atoms with van der Waals surface area (Å²) in [5, 5.41) is 10.8. The van der Waals surface area contributed by atoms with Gasteiger partial charge in [0.15, 0.2) is 0 Å². The molecule has 8 heteroatoms. The van der Waals surface area contributed by atoms with Gasteiger partial charge in [0.2, 0.25) is 5.91 Å². The first-order valence-corrected chi connectivity index (χ1v) is 7.64. The summed E-state index contributed by atoms with van der Waals surface area (Å²) in [5.74, 6) is -0.904. The molecule has 0 aliphatic carbocycles. The van der Waals surface area contributed by atoms with Gasteiger partial charge in [-0.05, 0) is 41.5 Å². The Morgan fingerprint density at radius 2 is 2.35 bits per heavy atom. The van der Waals surface area contributed by atoms with Crippen molar-refractivity contribution in [3.05, 3.63) is 47.0 Å². The summed E-state index contributed by atoms with van der Waals surface area (Å²) in [6.45, 7) is 0.548. The quantitative estimate of drug-likeness (QED) is 0.843. The number of halogens is 2. The lowest BCUT2D eigenvalue weighted by atomic mass is 9.87. The number of rotatable bonds is 2. The summed E-state index contributed by atoms with van der Waals surface area (Å²) in [7, 11) is 0. The molecular formula is C15H13ClFN5O. The summed E-state index contributed by atoms with van der Waals surface area (Å²) in [4.78, 5) is 13.8. The number of benzene rings is 1. The maximum atomic E-state index is 14.9. The second-order valence-corrected chi connectivity index (χ2v) is 6.01. The van der Waals surface area contributed by atoms with Gasteiger partial charge in [-0.1, -0.05) is 17.7 Å². The molecule has 0 bridgehead atoms. The number of amides is 1. The average molecular weight is 335 g/mol. The fraction of sp³-hybridized carbons (Fsp3) is 0.333. The normalized spacial score (nSPS) is 24.0. The Morgan fingerprint density at radius 3 is 3.13 bits per heavy atom. The standard InChI is InChI=1S/C15H13ClFN5O/c16-10-4-5-12(22-8-18-19-20-22)14(15(10)17)9-6-7-21-11(9)2-1-3-13(21)23/h1,3-5,8-9,11H,2,6-7H2/i5D. The lowest BCUT2D eigenvalue weighted by Gasteiger charge is -2.30. The zero-order chi connectivity index (χ0) is 16.8. The lowest BCUT2D eigenvalue weighted by Crippen LogP contribution is -2.38. The number of tetrazole rings is 1. The number of hydrogen-bond donors (Lipinski definition) is 0. The van der Waals surface area contributed by atoms with E-state index in [0.717, 1.165) is 0 Å². The second-order valence-electron chi connectivity index (χ2n) is 5.60. The van der Waals surface area contributed by atoms with E-state index < -0.39 is 5.82 Å². The van der Waals surface area contributed by atoms with Crippen LogP contribution < -0.4 is 0 Å². The van der Waals surface area contributed by atoms with Gasteiger partial charge in [-0.25, -0.2) is 9.07 Å². The minimum atomic E-state index is -0.577. The maximum Gasteiger partial charge on any atom is 0.246 e. The highest BCUT2D eigenvalue weighted by molar-refractivity contribution is 6.30. The molecule has 2 aromatic rings. The van der Waals surface area contributed by atoms with E-state index in [1.165, 1.54) is 17.1 Å². The fourth-order valence-electron chi connectivity index (χ4n) is 3.46. The van der Waals surface area contributed by atoms with Crippen LogP contribution in [0.4, 0.5) is 4.39 Å². The van der Waals surface area contributed by atoms with Gasteiger partial charge in [-0.15, -0.1) is 5.10 Å². The van der Waals surface area contributed by atoms with E-state index in [1.807, 2.05) is 6.08 Å². The smallest absolute Gasteiger partial charge is 0.246 e. The molecule has 2 aliphatic rings. The molecule has 0 spiro atoms.